The highest BCUT2D eigenvalue weighted by molar-refractivity contribution is 6.74. The van der Waals surface area contributed by atoms with Crippen LogP contribution in [0.3, 0.4) is 0 Å². The molecule has 0 bridgehead atoms. The Morgan fingerprint density at radius 1 is 1.00 bits per heavy atom. The number of hydrogen-bond donors (Lipinski definition) is 0. The van der Waals surface area contributed by atoms with Gasteiger partial charge < -0.3 is 0 Å². The molecule has 0 saturated carbocycles. The normalized spacial score (nSPS) is 16.0. The monoisotopic (exact) mass is 64.1 g/mol. The second kappa shape index (κ2) is 2.37. The molecule has 1 saturated heterocycles. The summed E-state index contributed by atoms with van der Waals surface area (Å²) in [4.78, 5) is 0. The quantitative estimate of drug-likeness (QED) is 0.339. The summed E-state index contributed by atoms with van der Waals surface area (Å²) >= 11 is 0. The van der Waals surface area contributed by atoms with E-state index in [1.54, 1.807) is 0 Å². The van der Waals surface area contributed by atoms with E-state index in [1.165, 1.54) is 27.0 Å². The molecule has 0 spiro atoms. The van der Waals surface area contributed by atoms with E-state index in [0.29, 0.717) is 0 Å². The minimum atomic E-state index is 0. The Hall–Kier alpha value is 0.130. The Balaban J connectivity index is 0.000000160. The molecule has 0 atom stereocenters. The van der Waals surface area contributed by atoms with Gasteiger partial charge >= 0.3 is 0 Å². The highest BCUT2D eigenvalue weighted by atomic mass is 13.5. The van der Waals surface area contributed by atoms with E-state index in [4.69, 9.17) is 0 Å². The van der Waals surface area contributed by atoms with Gasteiger partial charge in [-0.15, -0.1) is 12.4 Å². The summed E-state index contributed by atoms with van der Waals surface area (Å²) in [6.07, 6.45) is 3.00. The Bertz CT molecular complexity index is 12.9. The van der Waals surface area contributed by atoms with E-state index in [2.05, 4.69) is 0 Å². The molecule has 0 amide bonds. The van der Waals surface area contributed by atoms with Gasteiger partial charge in [0.05, 0.1) is 0 Å². The summed E-state index contributed by atoms with van der Waals surface area (Å²) in [5.41, 5.74) is 0. The van der Waals surface area contributed by atoms with Gasteiger partial charge in [0.15, 0.2) is 0 Å². The maximum atomic E-state index is 1.50. The van der Waals surface area contributed by atoms with Gasteiger partial charge in [-0.1, -0.05) is 0 Å². The van der Waals surface area contributed by atoms with Crippen LogP contribution in [-0.4, -0.2) is 14.6 Å². The van der Waals surface area contributed by atoms with Crippen molar-refractivity contribution in [2.45, 2.75) is 12.4 Å². The molecular weight excluding hydrogens is 57.7 g/mol. The van der Waals surface area contributed by atoms with E-state index in [1.807, 2.05) is 0 Å². The summed E-state index contributed by atoms with van der Waals surface area (Å²) in [7, 11) is 3.00. The lowest BCUT2D eigenvalue weighted by molar-refractivity contribution is 1.71. The standard InChI is InChI=1S/C2H6B2.C/c1-3-2-4-1;/h3-4H,1-2H2;. The lowest BCUT2D eigenvalue weighted by atomic mass is 9.32. The van der Waals surface area contributed by atoms with Gasteiger partial charge in [-0.2, -0.15) is 0 Å². The molecule has 1 aliphatic heterocycles. The van der Waals surface area contributed by atoms with Gasteiger partial charge in [0, 0.05) is 7.43 Å². The Kier molecular flexibility index (Phi) is 2.43. The van der Waals surface area contributed by atoms with Crippen LogP contribution in [0.25, 0.3) is 0 Å². The van der Waals surface area contributed by atoms with Crippen molar-refractivity contribution in [3.05, 3.63) is 7.43 Å². The molecule has 4 radical (unpaired) electrons. The molecule has 0 aromatic heterocycles. The minimum Gasteiger partial charge on any atom is -0.102 e. The van der Waals surface area contributed by atoms with Gasteiger partial charge in [-0.25, -0.2) is 0 Å². The highest BCUT2D eigenvalue weighted by Gasteiger charge is 2.00. The van der Waals surface area contributed by atoms with Crippen molar-refractivity contribution in [1.82, 2.24) is 0 Å². The maximum absolute atomic E-state index is 1.50. The van der Waals surface area contributed by atoms with Gasteiger partial charge in [0.2, 0.25) is 0 Å². The van der Waals surface area contributed by atoms with Gasteiger partial charge in [0.1, 0.15) is 14.6 Å². The van der Waals surface area contributed by atoms with Crippen molar-refractivity contribution in [3.8, 4) is 0 Å². The van der Waals surface area contributed by atoms with Crippen LogP contribution in [0.5, 0.6) is 0 Å². The second-order valence-corrected chi connectivity index (χ2v) is 1.41. The molecular formula is C3H6B2. The fourth-order valence-corrected chi connectivity index (χ4v) is 0.250. The minimum absolute atomic E-state index is 0. The molecule has 0 N–H and O–H groups in total. The fraction of sp³-hybridized carbons (Fsp3) is 0.667. The first-order chi connectivity index (χ1) is 2.00. The third kappa shape index (κ3) is 1.10. The molecule has 0 aliphatic carbocycles. The fourth-order valence-electron chi connectivity index (χ4n) is 0.250. The molecule has 0 aromatic rings. The molecule has 2 heteroatoms. The van der Waals surface area contributed by atoms with Gasteiger partial charge in [-0.3, -0.25) is 0 Å². The maximum Gasteiger partial charge on any atom is 0.105 e. The molecule has 24 valence electrons. The van der Waals surface area contributed by atoms with Gasteiger partial charge in [-0.05, 0) is 0 Å². The second-order valence-electron chi connectivity index (χ2n) is 1.41. The summed E-state index contributed by atoms with van der Waals surface area (Å²) in [6, 6.07) is 0. The Morgan fingerprint density at radius 3 is 1.20 bits per heavy atom. The van der Waals surface area contributed by atoms with Crippen molar-refractivity contribution < 1.29 is 0 Å². The lowest BCUT2D eigenvalue weighted by Gasteiger charge is -2.00. The van der Waals surface area contributed by atoms with Gasteiger partial charge in [0.25, 0.3) is 0 Å². The van der Waals surface area contributed by atoms with E-state index >= 15 is 0 Å². The first-order valence-corrected chi connectivity index (χ1v) is 2.00. The zero-order valence-electron chi connectivity index (χ0n) is 3.33. The van der Waals surface area contributed by atoms with E-state index in [9.17, 15) is 0 Å². The zero-order valence-corrected chi connectivity index (χ0v) is 3.33. The Labute approximate surface area is 35.4 Å². The van der Waals surface area contributed by atoms with Crippen molar-refractivity contribution in [1.29, 1.82) is 0 Å². The predicted molar refractivity (Wildman–Crippen MR) is 27.2 cm³/mol. The first-order valence-electron chi connectivity index (χ1n) is 2.00. The smallest absolute Gasteiger partial charge is 0.102 e. The average Bonchev–Trinajstić information content (AvgIpc) is 0.722. The molecule has 1 heterocycles. The van der Waals surface area contributed by atoms with Crippen molar-refractivity contribution in [2.24, 2.45) is 0 Å². The average molecular weight is 63.7 g/mol. The molecule has 5 heavy (non-hydrogen) atoms. The predicted octanol–water partition coefficient (Wildman–Crippen LogP) is -0.294. The van der Waals surface area contributed by atoms with Crippen molar-refractivity contribution in [3.63, 3.8) is 0 Å². The molecule has 0 unspecified atom stereocenters. The molecule has 0 aromatic carbocycles. The highest BCUT2D eigenvalue weighted by Crippen LogP contribution is 1.94. The molecule has 1 fully saturated rings. The van der Waals surface area contributed by atoms with E-state index in [-0.39, 0.29) is 7.43 Å². The number of rotatable bonds is 0. The summed E-state index contributed by atoms with van der Waals surface area (Å²) in [5, 5.41) is 0. The first kappa shape index (κ1) is 5.13. The van der Waals surface area contributed by atoms with Crippen LogP contribution >= 0.6 is 0 Å². The van der Waals surface area contributed by atoms with Crippen LogP contribution < -0.4 is 0 Å². The summed E-state index contributed by atoms with van der Waals surface area (Å²) in [6.45, 7) is 0. The van der Waals surface area contributed by atoms with Crippen LogP contribution in [0, 0.1) is 7.43 Å². The van der Waals surface area contributed by atoms with Crippen LogP contribution in [0.15, 0.2) is 0 Å². The van der Waals surface area contributed by atoms with Crippen LogP contribution in [-0.2, 0) is 0 Å². The summed E-state index contributed by atoms with van der Waals surface area (Å²) < 4.78 is 0. The number of hydrogen-bond acceptors (Lipinski definition) is 0. The van der Waals surface area contributed by atoms with E-state index < -0.39 is 0 Å². The third-order valence-electron chi connectivity index (χ3n) is 1.000. The zero-order chi connectivity index (χ0) is 2.83. The SMILES string of the molecule is B1CBC1.[C]. The lowest BCUT2D eigenvalue weighted by Crippen LogP contribution is -2.10. The van der Waals surface area contributed by atoms with Crippen molar-refractivity contribution >= 4 is 14.6 Å². The van der Waals surface area contributed by atoms with E-state index in [0.717, 1.165) is 0 Å². The topological polar surface area (TPSA) is 0 Å². The Morgan fingerprint density at radius 2 is 1.20 bits per heavy atom. The summed E-state index contributed by atoms with van der Waals surface area (Å²) in [5.74, 6) is 0. The van der Waals surface area contributed by atoms with Crippen molar-refractivity contribution in [2.75, 3.05) is 0 Å². The van der Waals surface area contributed by atoms with Crippen LogP contribution in [0.1, 0.15) is 0 Å². The molecule has 1 rings (SSSR count). The molecule has 1 aliphatic rings. The van der Waals surface area contributed by atoms with Crippen LogP contribution in [0.4, 0.5) is 0 Å². The van der Waals surface area contributed by atoms with Crippen LogP contribution in [0.2, 0.25) is 12.4 Å². The third-order valence-corrected chi connectivity index (χ3v) is 1.000. The largest absolute Gasteiger partial charge is 0.105 e. The molecule has 0 nitrogen and oxygen atoms in total.